The Morgan fingerprint density at radius 2 is 2.00 bits per heavy atom. The molecular formula is C14H19N. The van der Waals surface area contributed by atoms with Crippen LogP contribution in [0.3, 0.4) is 0 Å². The van der Waals surface area contributed by atoms with Crippen molar-refractivity contribution in [2.75, 3.05) is 13.1 Å². The second-order valence-electron chi connectivity index (χ2n) is 4.92. The summed E-state index contributed by atoms with van der Waals surface area (Å²) in [6.45, 7) is 2.39. The zero-order valence-corrected chi connectivity index (χ0v) is 9.26. The van der Waals surface area contributed by atoms with Crippen molar-refractivity contribution in [2.24, 2.45) is 0 Å². The molecule has 1 heteroatoms. The highest BCUT2D eigenvalue weighted by Gasteiger charge is 2.17. The predicted molar refractivity (Wildman–Crippen MR) is 63.3 cm³/mol. The van der Waals surface area contributed by atoms with Crippen LogP contribution in [0.5, 0.6) is 0 Å². The van der Waals surface area contributed by atoms with Crippen LogP contribution in [0.2, 0.25) is 0 Å². The number of piperidine rings is 1. The average Bonchev–Trinajstić information content (AvgIpc) is 2.77. The third kappa shape index (κ3) is 1.81. The maximum absolute atomic E-state index is 3.50. The van der Waals surface area contributed by atoms with Gasteiger partial charge in [0.1, 0.15) is 0 Å². The maximum atomic E-state index is 3.50. The third-order valence-corrected chi connectivity index (χ3v) is 3.89. The SMILES string of the molecule is c1cc2c(cc1C1CCCNC1)CCC2. The van der Waals surface area contributed by atoms with Gasteiger partial charge in [0.05, 0.1) is 0 Å². The molecule has 1 heterocycles. The van der Waals surface area contributed by atoms with E-state index in [-0.39, 0.29) is 0 Å². The van der Waals surface area contributed by atoms with Crippen molar-refractivity contribution >= 4 is 0 Å². The molecule has 0 spiro atoms. The van der Waals surface area contributed by atoms with Crippen molar-refractivity contribution in [3.8, 4) is 0 Å². The Hall–Kier alpha value is -0.820. The van der Waals surface area contributed by atoms with Gasteiger partial charge in [0, 0.05) is 6.54 Å². The molecule has 0 aromatic heterocycles. The van der Waals surface area contributed by atoms with Crippen LogP contribution in [0.4, 0.5) is 0 Å². The van der Waals surface area contributed by atoms with E-state index in [9.17, 15) is 0 Å². The molecule has 1 atom stereocenters. The van der Waals surface area contributed by atoms with Crippen molar-refractivity contribution in [3.63, 3.8) is 0 Å². The number of hydrogen-bond donors (Lipinski definition) is 1. The van der Waals surface area contributed by atoms with Gasteiger partial charge in [-0.15, -0.1) is 0 Å². The summed E-state index contributed by atoms with van der Waals surface area (Å²) in [6.07, 6.45) is 6.68. The van der Waals surface area contributed by atoms with Crippen LogP contribution in [-0.4, -0.2) is 13.1 Å². The van der Waals surface area contributed by atoms with Gasteiger partial charge >= 0.3 is 0 Å². The fourth-order valence-corrected chi connectivity index (χ4v) is 2.98. The summed E-state index contributed by atoms with van der Waals surface area (Å²) >= 11 is 0. The van der Waals surface area contributed by atoms with Gasteiger partial charge in [0.2, 0.25) is 0 Å². The monoisotopic (exact) mass is 201 g/mol. The molecule has 0 bridgehead atoms. The molecule has 3 rings (SSSR count). The Morgan fingerprint density at radius 3 is 2.87 bits per heavy atom. The first kappa shape index (κ1) is 9.41. The van der Waals surface area contributed by atoms with Gasteiger partial charge in [-0.25, -0.2) is 0 Å². The molecule has 1 N–H and O–H groups in total. The van der Waals surface area contributed by atoms with Crippen molar-refractivity contribution in [2.45, 2.75) is 38.0 Å². The summed E-state index contributed by atoms with van der Waals surface area (Å²) in [6, 6.07) is 7.20. The van der Waals surface area contributed by atoms with Gasteiger partial charge in [-0.05, 0) is 61.3 Å². The molecule has 1 nitrogen and oxygen atoms in total. The lowest BCUT2D eigenvalue weighted by Gasteiger charge is -2.23. The smallest absolute Gasteiger partial charge is 0.00201 e. The lowest BCUT2D eigenvalue weighted by molar-refractivity contribution is 0.461. The van der Waals surface area contributed by atoms with Crippen molar-refractivity contribution in [1.82, 2.24) is 5.32 Å². The number of fused-ring (bicyclic) bond motifs is 1. The summed E-state index contributed by atoms with van der Waals surface area (Å²) in [7, 11) is 0. The van der Waals surface area contributed by atoms with Gasteiger partial charge in [0.15, 0.2) is 0 Å². The molecule has 15 heavy (non-hydrogen) atoms. The van der Waals surface area contributed by atoms with E-state index in [2.05, 4.69) is 23.5 Å². The molecule has 1 aliphatic carbocycles. The topological polar surface area (TPSA) is 12.0 Å². The molecule has 0 saturated carbocycles. The summed E-state index contributed by atoms with van der Waals surface area (Å²) in [5.74, 6) is 0.768. The number of aryl methyl sites for hydroxylation is 2. The molecular weight excluding hydrogens is 182 g/mol. The van der Waals surface area contributed by atoms with Crippen LogP contribution in [0, 0.1) is 0 Å². The largest absolute Gasteiger partial charge is 0.316 e. The van der Waals surface area contributed by atoms with Crippen LogP contribution >= 0.6 is 0 Å². The van der Waals surface area contributed by atoms with E-state index in [1.807, 2.05) is 0 Å². The molecule has 1 unspecified atom stereocenters. The van der Waals surface area contributed by atoms with Crippen molar-refractivity contribution < 1.29 is 0 Å². The number of rotatable bonds is 1. The molecule has 2 aliphatic rings. The van der Waals surface area contributed by atoms with E-state index in [0.29, 0.717) is 0 Å². The van der Waals surface area contributed by atoms with Crippen LogP contribution in [-0.2, 0) is 12.8 Å². The van der Waals surface area contributed by atoms with E-state index in [4.69, 9.17) is 0 Å². The lowest BCUT2D eigenvalue weighted by Crippen LogP contribution is -2.28. The predicted octanol–water partition coefficient (Wildman–Crippen LogP) is 2.64. The fourth-order valence-electron chi connectivity index (χ4n) is 2.98. The number of benzene rings is 1. The molecule has 0 amide bonds. The summed E-state index contributed by atoms with van der Waals surface area (Å²) in [5, 5.41) is 3.50. The highest BCUT2D eigenvalue weighted by atomic mass is 14.9. The first-order valence-corrected chi connectivity index (χ1v) is 6.26. The standard InChI is InChI=1S/C14H19N/c1-3-11-6-7-13(9-12(11)4-1)14-5-2-8-15-10-14/h6-7,9,14-15H,1-5,8,10H2. The van der Waals surface area contributed by atoms with Gasteiger partial charge in [-0.1, -0.05) is 18.2 Å². The van der Waals surface area contributed by atoms with E-state index < -0.39 is 0 Å². The van der Waals surface area contributed by atoms with Crippen molar-refractivity contribution in [3.05, 3.63) is 34.9 Å². The average molecular weight is 201 g/mol. The number of hydrogen-bond acceptors (Lipinski definition) is 1. The van der Waals surface area contributed by atoms with E-state index in [1.165, 1.54) is 45.2 Å². The molecule has 1 fully saturated rings. The van der Waals surface area contributed by atoms with Gasteiger partial charge < -0.3 is 5.32 Å². The molecule has 1 saturated heterocycles. The molecule has 80 valence electrons. The Balaban J connectivity index is 1.85. The molecule has 0 radical (unpaired) electrons. The van der Waals surface area contributed by atoms with Gasteiger partial charge in [-0.3, -0.25) is 0 Å². The zero-order chi connectivity index (χ0) is 10.1. The first-order valence-electron chi connectivity index (χ1n) is 6.26. The summed E-state index contributed by atoms with van der Waals surface area (Å²) < 4.78 is 0. The van der Waals surface area contributed by atoms with Crippen LogP contribution < -0.4 is 5.32 Å². The van der Waals surface area contributed by atoms with Crippen LogP contribution in [0.15, 0.2) is 18.2 Å². The van der Waals surface area contributed by atoms with E-state index in [1.54, 1.807) is 16.7 Å². The minimum Gasteiger partial charge on any atom is -0.316 e. The normalized spacial score (nSPS) is 25.2. The van der Waals surface area contributed by atoms with Crippen molar-refractivity contribution in [1.29, 1.82) is 0 Å². The van der Waals surface area contributed by atoms with Gasteiger partial charge in [-0.2, -0.15) is 0 Å². The number of nitrogens with one attached hydrogen (secondary N) is 1. The Bertz CT molecular complexity index is 350. The Morgan fingerprint density at radius 1 is 1.07 bits per heavy atom. The minimum absolute atomic E-state index is 0.768. The minimum atomic E-state index is 0.768. The Kier molecular flexibility index (Phi) is 2.49. The maximum Gasteiger partial charge on any atom is 0.00201 e. The zero-order valence-electron chi connectivity index (χ0n) is 9.26. The molecule has 1 aromatic rings. The Labute approximate surface area is 91.9 Å². The second kappa shape index (κ2) is 3.97. The molecule has 1 aromatic carbocycles. The summed E-state index contributed by atoms with van der Waals surface area (Å²) in [4.78, 5) is 0. The summed E-state index contributed by atoms with van der Waals surface area (Å²) in [5.41, 5.74) is 4.79. The highest BCUT2D eigenvalue weighted by Crippen LogP contribution is 2.28. The van der Waals surface area contributed by atoms with Crippen LogP contribution in [0.1, 0.15) is 41.9 Å². The van der Waals surface area contributed by atoms with Crippen LogP contribution in [0.25, 0.3) is 0 Å². The first-order chi connectivity index (χ1) is 7.43. The lowest BCUT2D eigenvalue weighted by atomic mass is 9.90. The fraction of sp³-hybridized carbons (Fsp3) is 0.571. The highest BCUT2D eigenvalue weighted by molar-refractivity contribution is 5.37. The quantitative estimate of drug-likeness (QED) is 0.736. The van der Waals surface area contributed by atoms with Gasteiger partial charge in [0.25, 0.3) is 0 Å². The third-order valence-electron chi connectivity index (χ3n) is 3.89. The van der Waals surface area contributed by atoms with E-state index >= 15 is 0 Å². The van der Waals surface area contributed by atoms with E-state index in [0.717, 1.165) is 5.92 Å². The molecule has 1 aliphatic heterocycles. The second-order valence-corrected chi connectivity index (χ2v) is 4.92.